The number of aliphatic hydroxyl groups is 1. The third kappa shape index (κ3) is 1.14. The number of para-hydroxylation sites is 1. The van der Waals surface area contributed by atoms with Gasteiger partial charge in [-0.1, -0.05) is 18.2 Å². The molecule has 3 heteroatoms. The first-order chi connectivity index (χ1) is 6.25. The van der Waals surface area contributed by atoms with Crippen LogP contribution in [0.15, 0.2) is 24.3 Å². The van der Waals surface area contributed by atoms with Crippen molar-refractivity contribution < 1.29 is 5.11 Å². The van der Waals surface area contributed by atoms with E-state index < -0.39 is 0 Å². The quantitative estimate of drug-likeness (QED) is 0.743. The minimum atomic E-state index is 0.0338. The van der Waals surface area contributed by atoms with Gasteiger partial charge in [-0.05, 0) is 13.0 Å². The van der Waals surface area contributed by atoms with Crippen LogP contribution in [0.5, 0.6) is 0 Å². The van der Waals surface area contributed by atoms with Crippen molar-refractivity contribution in [1.82, 2.24) is 4.09 Å². The first-order valence-electron chi connectivity index (χ1n) is 4.11. The molecule has 0 radical (unpaired) electrons. The van der Waals surface area contributed by atoms with Crippen molar-refractivity contribution >= 4 is 22.7 Å². The normalized spacial score (nSPS) is 11.0. The van der Waals surface area contributed by atoms with Crippen LogP contribution in [0.3, 0.4) is 0 Å². The van der Waals surface area contributed by atoms with Crippen molar-refractivity contribution in [2.24, 2.45) is 0 Å². The highest BCUT2D eigenvalue weighted by molar-refractivity contribution is 6.20. The van der Waals surface area contributed by atoms with Crippen LogP contribution >= 0.6 is 11.8 Å². The molecule has 0 bridgehead atoms. The highest BCUT2D eigenvalue weighted by Gasteiger charge is 2.10. The Bertz CT molecular complexity index is 447. The summed E-state index contributed by atoms with van der Waals surface area (Å²) in [6.45, 7) is 1.94. The molecule has 0 spiro atoms. The van der Waals surface area contributed by atoms with Gasteiger partial charge < -0.3 is 5.11 Å². The van der Waals surface area contributed by atoms with Crippen LogP contribution in [0.4, 0.5) is 0 Å². The van der Waals surface area contributed by atoms with Gasteiger partial charge in [0.05, 0.1) is 12.1 Å². The lowest BCUT2D eigenvalue weighted by atomic mass is 10.1. The molecule has 1 aromatic carbocycles. The summed E-state index contributed by atoms with van der Waals surface area (Å²) in [6.07, 6.45) is 0. The van der Waals surface area contributed by atoms with Gasteiger partial charge in [0.2, 0.25) is 0 Å². The minimum absolute atomic E-state index is 0.0338. The maximum atomic E-state index is 9.16. The van der Waals surface area contributed by atoms with E-state index in [1.807, 2.05) is 31.2 Å². The molecule has 1 N–H and O–H groups in total. The summed E-state index contributed by atoms with van der Waals surface area (Å²) in [5.41, 5.74) is 2.77. The number of rotatable bonds is 1. The number of hydrogen-bond donors (Lipinski definition) is 1. The van der Waals surface area contributed by atoms with E-state index in [-0.39, 0.29) is 6.61 Å². The van der Waals surface area contributed by atoms with Gasteiger partial charge in [-0.25, -0.2) is 0 Å². The molecule has 2 nitrogen and oxygen atoms in total. The lowest BCUT2D eigenvalue weighted by Crippen LogP contribution is -1.86. The predicted molar refractivity (Wildman–Crippen MR) is 53.8 cm³/mol. The number of aliphatic hydroxyl groups excluding tert-OH is 1. The van der Waals surface area contributed by atoms with Gasteiger partial charge >= 0.3 is 0 Å². The maximum absolute atomic E-state index is 9.16. The zero-order valence-electron chi connectivity index (χ0n) is 7.29. The van der Waals surface area contributed by atoms with Crippen LogP contribution in [-0.2, 0) is 6.61 Å². The number of aromatic nitrogens is 1. The lowest BCUT2D eigenvalue weighted by molar-refractivity contribution is 0.282. The van der Waals surface area contributed by atoms with Crippen LogP contribution < -0.4 is 0 Å². The monoisotopic (exact) mass is 195 g/mol. The van der Waals surface area contributed by atoms with Crippen LogP contribution in [-0.4, -0.2) is 9.19 Å². The highest BCUT2D eigenvalue weighted by Crippen LogP contribution is 2.26. The molecule has 0 unspecified atom stereocenters. The Balaban J connectivity index is 2.90. The number of nitrogens with zero attached hydrogens (tertiary/aromatic N) is 1. The van der Waals surface area contributed by atoms with E-state index in [2.05, 4.69) is 0 Å². The molecule has 0 aliphatic heterocycles. The van der Waals surface area contributed by atoms with Crippen LogP contribution in [0.2, 0.25) is 0 Å². The Kier molecular flexibility index (Phi) is 2.02. The molecule has 0 atom stereocenters. The first kappa shape index (κ1) is 8.60. The van der Waals surface area contributed by atoms with E-state index in [4.69, 9.17) is 16.9 Å². The van der Waals surface area contributed by atoms with Gasteiger partial charge in [0, 0.05) is 28.4 Å². The summed E-state index contributed by atoms with van der Waals surface area (Å²) >= 11 is 6.03. The highest BCUT2D eigenvalue weighted by atomic mass is 35.5. The molecule has 2 aromatic rings. The summed E-state index contributed by atoms with van der Waals surface area (Å²) in [5, 5.41) is 10.2. The van der Waals surface area contributed by atoms with Crippen molar-refractivity contribution in [2.45, 2.75) is 13.5 Å². The van der Waals surface area contributed by atoms with E-state index >= 15 is 0 Å². The fourth-order valence-corrected chi connectivity index (χ4v) is 1.84. The molecule has 2 rings (SSSR count). The standard InChI is InChI=1S/C10H10ClNO/c1-7-9(6-13)8-4-2-3-5-10(8)12(7)11/h2-5,13H,6H2,1H3. The fourth-order valence-electron chi connectivity index (χ4n) is 1.59. The maximum Gasteiger partial charge on any atom is 0.0705 e. The minimum Gasteiger partial charge on any atom is -0.392 e. The third-order valence-electron chi connectivity index (χ3n) is 2.33. The molecule has 0 amide bonds. The van der Waals surface area contributed by atoms with E-state index in [1.54, 1.807) is 4.09 Å². The van der Waals surface area contributed by atoms with Gasteiger partial charge in [0.25, 0.3) is 0 Å². The van der Waals surface area contributed by atoms with E-state index in [0.29, 0.717) is 0 Å². The SMILES string of the molecule is Cc1c(CO)c2ccccc2n1Cl. The van der Waals surface area contributed by atoms with Crippen molar-refractivity contribution in [1.29, 1.82) is 0 Å². The molecule has 13 heavy (non-hydrogen) atoms. The topological polar surface area (TPSA) is 25.2 Å². The van der Waals surface area contributed by atoms with Crippen LogP contribution in [0, 0.1) is 6.92 Å². The van der Waals surface area contributed by atoms with E-state index in [0.717, 1.165) is 22.2 Å². The summed E-state index contributed by atoms with van der Waals surface area (Å²) in [4.78, 5) is 0. The van der Waals surface area contributed by atoms with E-state index in [1.165, 1.54) is 0 Å². The van der Waals surface area contributed by atoms with Gasteiger partial charge in [-0.2, -0.15) is 0 Å². The fraction of sp³-hybridized carbons (Fsp3) is 0.200. The van der Waals surface area contributed by atoms with E-state index in [9.17, 15) is 0 Å². The molecule has 0 saturated heterocycles. The van der Waals surface area contributed by atoms with Gasteiger partial charge in [0.1, 0.15) is 0 Å². The average Bonchev–Trinajstić information content (AvgIpc) is 2.41. The second-order valence-electron chi connectivity index (χ2n) is 3.02. The number of benzene rings is 1. The lowest BCUT2D eigenvalue weighted by Gasteiger charge is -1.94. The molecular formula is C10H10ClNO. The smallest absolute Gasteiger partial charge is 0.0705 e. The molecule has 68 valence electrons. The molecule has 0 aliphatic rings. The largest absolute Gasteiger partial charge is 0.392 e. The first-order valence-corrected chi connectivity index (χ1v) is 4.45. The molecule has 0 fully saturated rings. The average molecular weight is 196 g/mol. The third-order valence-corrected chi connectivity index (χ3v) is 2.77. The Morgan fingerprint density at radius 2 is 2.08 bits per heavy atom. The van der Waals surface area contributed by atoms with Crippen molar-refractivity contribution in [2.75, 3.05) is 0 Å². The van der Waals surface area contributed by atoms with Crippen molar-refractivity contribution in [3.05, 3.63) is 35.5 Å². The van der Waals surface area contributed by atoms with Gasteiger partial charge in [-0.15, -0.1) is 0 Å². The summed E-state index contributed by atoms with van der Waals surface area (Å²) in [7, 11) is 0. The van der Waals surface area contributed by atoms with Crippen molar-refractivity contribution in [3.8, 4) is 0 Å². The molecule has 0 aliphatic carbocycles. The zero-order chi connectivity index (χ0) is 9.42. The Hall–Kier alpha value is -0.990. The summed E-state index contributed by atoms with van der Waals surface area (Å²) in [5.74, 6) is 0. The van der Waals surface area contributed by atoms with Gasteiger partial charge in [-0.3, -0.25) is 4.09 Å². The number of halogens is 1. The number of fused-ring (bicyclic) bond motifs is 1. The van der Waals surface area contributed by atoms with Crippen LogP contribution in [0.25, 0.3) is 10.9 Å². The molecular weight excluding hydrogens is 186 g/mol. The van der Waals surface area contributed by atoms with Gasteiger partial charge in [0.15, 0.2) is 0 Å². The second kappa shape index (κ2) is 3.05. The summed E-state index contributed by atoms with van der Waals surface area (Å²) in [6, 6.07) is 7.78. The zero-order valence-corrected chi connectivity index (χ0v) is 8.04. The number of hydrogen-bond acceptors (Lipinski definition) is 1. The second-order valence-corrected chi connectivity index (χ2v) is 3.36. The Morgan fingerprint density at radius 1 is 1.38 bits per heavy atom. The molecule has 0 saturated carbocycles. The predicted octanol–water partition coefficient (Wildman–Crippen LogP) is 2.44. The Morgan fingerprint density at radius 3 is 2.77 bits per heavy atom. The van der Waals surface area contributed by atoms with Crippen LogP contribution in [0.1, 0.15) is 11.3 Å². The van der Waals surface area contributed by atoms with Crippen molar-refractivity contribution in [3.63, 3.8) is 0 Å². The summed E-state index contributed by atoms with van der Waals surface area (Å²) < 4.78 is 1.58. The molecule has 1 aromatic heterocycles. The molecule has 1 heterocycles. The Labute approximate surface area is 81.5 Å².